The van der Waals surface area contributed by atoms with Crippen LogP contribution in [0.5, 0.6) is 5.75 Å². The molecule has 4 heteroatoms. The number of nitrogens with zero attached hydrogens (tertiary/aromatic N) is 1. The normalized spacial score (nSPS) is 25.6. The van der Waals surface area contributed by atoms with Crippen LogP contribution in [0.3, 0.4) is 0 Å². The van der Waals surface area contributed by atoms with Gasteiger partial charge in [-0.2, -0.15) is 0 Å². The molecule has 3 rings (SSSR count). The lowest BCUT2D eigenvalue weighted by Gasteiger charge is -2.37. The van der Waals surface area contributed by atoms with Crippen LogP contribution in [0.1, 0.15) is 31.7 Å². The van der Waals surface area contributed by atoms with Gasteiger partial charge in [0.05, 0.1) is 0 Å². The number of hydrogen-bond acceptors (Lipinski definition) is 3. The molecular weight excluding hydrogens is 267 g/mol. The molecule has 1 N–H and O–H groups in total. The molecule has 1 fully saturated rings. The second kappa shape index (κ2) is 6.75. The first kappa shape index (κ1) is 14.8. The summed E-state index contributed by atoms with van der Waals surface area (Å²) in [5.74, 6) is 0.697. The van der Waals surface area contributed by atoms with E-state index in [4.69, 9.17) is 4.74 Å². The Kier molecular flexibility index (Phi) is 4.76. The Morgan fingerprint density at radius 1 is 1.38 bits per heavy atom. The second-order valence-corrected chi connectivity index (χ2v) is 6.15. The van der Waals surface area contributed by atoms with E-state index in [1.807, 2.05) is 0 Å². The average molecular weight is 292 g/mol. The summed E-state index contributed by atoms with van der Waals surface area (Å²) in [7, 11) is 0. The Morgan fingerprint density at radius 2 is 2.29 bits per heavy atom. The van der Waals surface area contributed by atoms with E-state index in [1.165, 1.54) is 25.3 Å². The van der Waals surface area contributed by atoms with Gasteiger partial charge in [-0.3, -0.25) is 4.90 Å². The molecule has 1 aromatic rings. The van der Waals surface area contributed by atoms with Crippen molar-refractivity contribution in [1.29, 1.82) is 0 Å². The van der Waals surface area contributed by atoms with E-state index >= 15 is 0 Å². The number of likely N-dealkylation sites (N-methyl/N-ethyl adjacent to an activating group) is 1. The van der Waals surface area contributed by atoms with Gasteiger partial charge in [-0.05, 0) is 44.1 Å². The van der Waals surface area contributed by atoms with Crippen molar-refractivity contribution in [3.8, 4) is 5.75 Å². The highest BCUT2D eigenvalue weighted by Crippen LogP contribution is 2.30. The van der Waals surface area contributed by atoms with E-state index in [0.29, 0.717) is 6.04 Å². The van der Waals surface area contributed by atoms with Crippen LogP contribution >= 0.6 is 0 Å². The summed E-state index contributed by atoms with van der Waals surface area (Å²) in [5.41, 5.74) is 1.01. The number of rotatable bonds is 5. The van der Waals surface area contributed by atoms with Crippen molar-refractivity contribution in [3.05, 3.63) is 29.6 Å². The lowest BCUT2D eigenvalue weighted by Crippen LogP contribution is -2.49. The van der Waals surface area contributed by atoms with Crippen molar-refractivity contribution >= 4 is 0 Å². The van der Waals surface area contributed by atoms with Crippen molar-refractivity contribution in [2.24, 2.45) is 0 Å². The van der Waals surface area contributed by atoms with Crippen molar-refractivity contribution in [2.75, 3.05) is 26.2 Å². The van der Waals surface area contributed by atoms with Crippen molar-refractivity contribution in [1.82, 2.24) is 10.2 Å². The number of benzene rings is 1. The van der Waals surface area contributed by atoms with Crippen LogP contribution in [-0.4, -0.2) is 43.2 Å². The van der Waals surface area contributed by atoms with Gasteiger partial charge in [0.1, 0.15) is 17.7 Å². The van der Waals surface area contributed by atoms with E-state index < -0.39 is 0 Å². The maximum Gasteiger partial charge on any atom is 0.123 e. The van der Waals surface area contributed by atoms with Crippen molar-refractivity contribution in [2.45, 2.75) is 44.8 Å². The second-order valence-electron chi connectivity index (χ2n) is 6.15. The summed E-state index contributed by atoms with van der Waals surface area (Å²) >= 11 is 0. The minimum absolute atomic E-state index is 0.166. The molecule has 1 aromatic carbocycles. The van der Waals surface area contributed by atoms with E-state index in [0.717, 1.165) is 43.9 Å². The molecule has 2 heterocycles. The lowest BCUT2D eigenvalue weighted by atomic mass is 10.0. The van der Waals surface area contributed by atoms with Gasteiger partial charge < -0.3 is 10.1 Å². The van der Waals surface area contributed by atoms with Gasteiger partial charge in [-0.25, -0.2) is 4.39 Å². The van der Waals surface area contributed by atoms with Gasteiger partial charge in [0, 0.05) is 31.1 Å². The van der Waals surface area contributed by atoms with E-state index in [1.54, 1.807) is 12.1 Å². The molecule has 1 saturated heterocycles. The maximum absolute atomic E-state index is 13.3. The van der Waals surface area contributed by atoms with Crippen LogP contribution in [0.2, 0.25) is 0 Å². The molecule has 2 unspecified atom stereocenters. The quantitative estimate of drug-likeness (QED) is 0.903. The van der Waals surface area contributed by atoms with Crippen LogP contribution in [0.25, 0.3) is 0 Å². The van der Waals surface area contributed by atoms with E-state index in [9.17, 15) is 4.39 Å². The SMILES string of the molecule is CCNCC1CCCCN1CC1Cc2cc(F)ccc2O1. The number of fused-ring (bicyclic) bond motifs is 1. The van der Waals surface area contributed by atoms with Crippen LogP contribution in [0.4, 0.5) is 4.39 Å². The largest absolute Gasteiger partial charge is 0.488 e. The van der Waals surface area contributed by atoms with Crippen molar-refractivity contribution < 1.29 is 9.13 Å². The van der Waals surface area contributed by atoms with Gasteiger partial charge in [0.15, 0.2) is 0 Å². The molecule has 0 radical (unpaired) electrons. The Balaban J connectivity index is 1.58. The van der Waals surface area contributed by atoms with Gasteiger partial charge in [0.25, 0.3) is 0 Å². The smallest absolute Gasteiger partial charge is 0.123 e. The Labute approximate surface area is 126 Å². The first-order valence-electron chi connectivity index (χ1n) is 8.16. The summed E-state index contributed by atoms with van der Waals surface area (Å²) in [5, 5.41) is 3.47. The third-order valence-electron chi connectivity index (χ3n) is 4.58. The molecule has 2 atom stereocenters. The first-order chi connectivity index (χ1) is 10.3. The van der Waals surface area contributed by atoms with Crippen LogP contribution in [0.15, 0.2) is 18.2 Å². The molecule has 0 saturated carbocycles. The minimum Gasteiger partial charge on any atom is -0.488 e. The number of hydrogen-bond donors (Lipinski definition) is 1. The van der Waals surface area contributed by atoms with Gasteiger partial charge >= 0.3 is 0 Å². The number of piperidine rings is 1. The molecule has 2 aliphatic heterocycles. The average Bonchev–Trinajstić information content (AvgIpc) is 2.87. The van der Waals surface area contributed by atoms with Crippen LogP contribution in [0, 0.1) is 5.82 Å². The first-order valence-corrected chi connectivity index (χ1v) is 8.16. The molecule has 21 heavy (non-hydrogen) atoms. The topological polar surface area (TPSA) is 24.5 Å². The minimum atomic E-state index is -0.166. The third-order valence-corrected chi connectivity index (χ3v) is 4.58. The highest BCUT2D eigenvalue weighted by atomic mass is 19.1. The van der Waals surface area contributed by atoms with Gasteiger partial charge in [0.2, 0.25) is 0 Å². The predicted molar refractivity (Wildman–Crippen MR) is 82.3 cm³/mol. The number of halogens is 1. The highest BCUT2D eigenvalue weighted by molar-refractivity contribution is 5.37. The molecule has 0 aromatic heterocycles. The standard InChI is InChI=1S/C17H25FN2O/c1-2-19-11-15-5-3-4-8-20(15)12-16-10-13-9-14(18)6-7-17(13)21-16/h6-7,9,15-16,19H,2-5,8,10-12H2,1H3. The molecule has 2 aliphatic rings. The molecule has 116 valence electrons. The fraction of sp³-hybridized carbons (Fsp3) is 0.647. The zero-order valence-electron chi connectivity index (χ0n) is 12.8. The van der Waals surface area contributed by atoms with Crippen molar-refractivity contribution in [3.63, 3.8) is 0 Å². The zero-order chi connectivity index (χ0) is 14.7. The van der Waals surface area contributed by atoms with E-state index in [-0.39, 0.29) is 11.9 Å². The maximum atomic E-state index is 13.3. The van der Waals surface area contributed by atoms with Crippen LogP contribution < -0.4 is 10.1 Å². The number of likely N-dealkylation sites (tertiary alicyclic amines) is 1. The summed E-state index contributed by atoms with van der Waals surface area (Å²) in [6.45, 7) is 6.34. The highest BCUT2D eigenvalue weighted by Gasteiger charge is 2.29. The molecular formula is C17H25FN2O. The monoisotopic (exact) mass is 292 g/mol. The molecule has 0 amide bonds. The summed E-state index contributed by atoms with van der Waals surface area (Å²) in [6.07, 6.45) is 4.86. The van der Waals surface area contributed by atoms with Gasteiger partial charge in [-0.15, -0.1) is 0 Å². The summed E-state index contributed by atoms with van der Waals surface area (Å²) in [6, 6.07) is 5.47. The molecule has 0 spiro atoms. The fourth-order valence-corrected chi connectivity index (χ4v) is 3.49. The van der Waals surface area contributed by atoms with Crippen LogP contribution in [-0.2, 0) is 6.42 Å². The molecule has 0 aliphatic carbocycles. The molecule has 0 bridgehead atoms. The lowest BCUT2D eigenvalue weighted by molar-refractivity contribution is 0.0897. The number of nitrogens with one attached hydrogen (secondary N) is 1. The van der Waals surface area contributed by atoms with E-state index in [2.05, 4.69) is 17.1 Å². The number of ether oxygens (including phenoxy) is 1. The summed E-state index contributed by atoms with van der Waals surface area (Å²) < 4.78 is 19.3. The Hall–Kier alpha value is -1.13. The Bertz CT molecular complexity index is 480. The van der Waals surface area contributed by atoms with Gasteiger partial charge in [-0.1, -0.05) is 13.3 Å². The third kappa shape index (κ3) is 3.55. The fourth-order valence-electron chi connectivity index (χ4n) is 3.49. The predicted octanol–water partition coefficient (Wildman–Crippen LogP) is 2.59. The summed E-state index contributed by atoms with van der Waals surface area (Å²) in [4.78, 5) is 2.55. The zero-order valence-corrected chi connectivity index (χ0v) is 12.8. The molecule has 3 nitrogen and oxygen atoms in total. The Morgan fingerprint density at radius 3 is 3.14 bits per heavy atom.